The van der Waals surface area contributed by atoms with Gasteiger partial charge in [-0.2, -0.15) is 0 Å². The third-order valence-corrected chi connectivity index (χ3v) is 4.10. The normalized spacial score (nSPS) is 16.0. The van der Waals surface area contributed by atoms with Crippen LogP contribution in [0, 0.1) is 0 Å². The molecule has 0 atom stereocenters. The fraction of sp³-hybridized carbons (Fsp3) is 0.375. The van der Waals surface area contributed by atoms with Crippen LogP contribution in [-0.4, -0.2) is 61.4 Å². The molecule has 1 heterocycles. The number of halogens is 1. The quantitative estimate of drug-likeness (QED) is 0.819. The molecule has 0 aromatic heterocycles. The van der Waals surface area contributed by atoms with Crippen LogP contribution in [0.2, 0.25) is 0 Å². The van der Waals surface area contributed by atoms with Gasteiger partial charge in [0.1, 0.15) is 0 Å². The summed E-state index contributed by atoms with van der Waals surface area (Å²) in [5, 5.41) is 2.63. The number of benzene rings is 1. The molecular formula is C16H20BrN3O2. The van der Waals surface area contributed by atoms with E-state index in [-0.39, 0.29) is 18.4 Å². The summed E-state index contributed by atoms with van der Waals surface area (Å²) in [4.78, 5) is 27.7. The Hall–Kier alpha value is -1.66. The molecule has 0 radical (unpaired) electrons. The highest BCUT2D eigenvalue weighted by Crippen LogP contribution is 2.11. The third kappa shape index (κ3) is 5.27. The number of hydrogen-bond acceptors (Lipinski definition) is 3. The highest BCUT2D eigenvalue weighted by Gasteiger charge is 2.18. The predicted molar refractivity (Wildman–Crippen MR) is 90.3 cm³/mol. The number of piperazine rings is 1. The molecule has 1 aliphatic rings. The molecule has 2 amide bonds. The number of carbonyl (C=O) groups is 2. The van der Waals surface area contributed by atoms with Crippen molar-refractivity contribution in [1.82, 2.24) is 15.1 Å². The van der Waals surface area contributed by atoms with Gasteiger partial charge in [-0.1, -0.05) is 28.1 Å². The summed E-state index contributed by atoms with van der Waals surface area (Å²) in [5.74, 6) is -0.288. The number of amides is 2. The monoisotopic (exact) mass is 365 g/mol. The van der Waals surface area contributed by atoms with Crippen LogP contribution in [0.4, 0.5) is 0 Å². The number of rotatable bonds is 4. The predicted octanol–water partition coefficient (Wildman–Crippen LogP) is 1.35. The molecule has 5 nitrogen and oxygen atoms in total. The molecular weight excluding hydrogens is 346 g/mol. The van der Waals surface area contributed by atoms with Gasteiger partial charge < -0.3 is 15.1 Å². The fourth-order valence-electron chi connectivity index (χ4n) is 2.14. The summed E-state index contributed by atoms with van der Waals surface area (Å²) in [6.07, 6.45) is 3.17. The largest absolute Gasteiger partial charge is 0.343 e. The van der Waals surface area contributed by atoms with Gasteiger partial charge >= 0.3 is 0 Å². The van der Waals surface area contributed by atoms with Crippen LogP contribution in [0.15, 0.2) is 34.8 Å². The highest BCUT2D eigenvalue weighted by molar-refractivity contribution is 9.10. The highest BCUT2D eigenvalue weighted by atomic mass is 79.9. The van der Waals surface area contributed by atoms with Crippen molar-refractivity contribution in [1.29, 1.82) is 0 Å². The second-order valence-corrected chi connectivity index (χ2v) is 6.20. The standard InChI is InChI=1S/C16H20BrN3O2/c1-19-8-10-20(11-9-19)16(22)12-18-15(21)7-4-13-2-5-14(17)6-3-13/h2-7H,8-12H2,1H3,(H,18,21)/b7-4+. The second kappa shape index (κ2) is 8.10. The van der Waals surface area contributed by atoms with E-state index in [0.717, 1.165) is 36.2 Å². The lowest BCUT2D eigenvalue weighted by Crippen LogP contribution is -2.49. The smallest absolute Gasteiger partial charge is 0.244 e. The van der Waals surface area contributed by atoms with Crippen LogP contribution in [0.1, 0.15) is 5.56 Å². The summed E-state index contributed by atoms with van der Waals surface area (Å²) >= 11 is 3.36. The van der Waals surface area contributed by atoms with Gasteiger partial charge in [-0.25, -0.2) is 0 Å². The Morgan fingerprint density at radius 1 is 1.18 bits per heavy atom. The van der Waals surface area contributed by atoms with Crippen molar-refractivity contribution >= 4 is 33.8 Å². The van der Waals surface area contributed by atoms with Gasteiger partial charge in [0, 0.05) is 36.7 Å². The van der Waals surface area contributed by atoms with E-state index >= 15 is 0 Å². The average molecular weight is 366 g/mol. The fourth-order valence-corrected chi connectivity index (χ4v) is 2.40. The van der Waals surface area contributed by atoms with Gasteiger partial charge in [0.2, 0.25) is 11.8 Å². The minimum Gasteiger partial charge on any atom is -0.343 e. The zero-order chi connectivity index (χ0) is 15.9. The second-order valence-electron chi connectivity index (χ2n) is 5.29. The lowest BCUT2D eigenvalue weighted by atomic mass is 10.2. The van der Waals surface area contributed by atoms with E-state index < -0.39 is 0 Å². The first kappa shape index (κ1) is 16.7. The van der Waals surface area contributed by atoms with Crippen molar-refractivity contribution in [3.8, 4) is 0 Å². The van der Waals surface area contributed by atoms with Crippen LogP contribution >= 0.6 is 15.9 Å². The van der Waals surface area contributed by atoms with Crippen molar-refractivity contribution < 1.29 is 9.59 Å². The molecule has 0 saturated carbocycles. The van der Waals surface area contributed by atoms with E-state index in [4.69, 9.17) is 0 Å². The van der Waals surface area contributed by atoms with Crippen LogP contribution in [0.3, 0.4) is 0 Å². The van der Waals surface area contributed by atoms with Gasteiger partial charge in [-0.15, -0.1) is 0 Å². The van der Waals surface area contributed by atoms with E-state index in [9.17, 15) is 9.59 Å². The van der Waals surface area contributed by atoms with E-state index in [0.29, 0.717) is 0 Å². The van der Waals surface area contributed by atoms with Crippen LogP contribution in [0.5, 0.6) is 0 Å². The molecule has 1 saturated heterocycles. The van der Waals surface area contributed by atoms with Gasteiger partial charge in [-0.3, -0.25) is 9.59 Å². The van der Waals surface area contributed by atoms with E-state index in [2.05, 4.69) is 26.1 Å². The summed E-state index contributed by atoms with van der Waals surface area (Å²) < 4.78 is 0.992. The molecule has 0 bridgehead atoms. The van der Waals surface area contributed by atoms with Crippen molar-refractivity contribution in [2.75, 3.05) is 39.8 Å². The summed E-state index contributed by atoms with van der Waals surface area (Å²) in [7, 11) is 2.04. The number of carbonyl (C=O) groups excluding carboxylic acids is 2. The first-order chi connectivity index (χ1) is 10.5. The number of likely N-dealkylation sites (N-methyl/N-ethyl adjacent to an activating group) is 1. The number of nitrogens with zero attached hydrogens (tertiary/aromatic N) is 2. The van der Waals surface area contributed by atoms with Gasteiger partial charge in [0.25, 0.3) is 0 Å². The topological polar surface area (TPSA) is 52.6 Å². The van der Waals surface area contributed by atoms with E-state index in [1.165, 1.54) is 6.08 Å². The molecule has 1 aromatic carbocycles. The molecule has 0 aliphatic carbocycles. The molecule has 1 fully saturated rings. The zero-order valence-corrected chi connectivity index (χ0v) is 14.2. The lowest BCUT2D eigenvalue weighted by Gasteiger charge is -2.32. The summed E-state index contributed by atoms with van der Waals surface area (Å²) in [6, 6.07) is 7.63. The molecule has 0 unspecified atom stereocenters. The minimum atomic E-state index is -0.259. The molecule has 6 heteroatoms. The molecule has 2 rings (SSSR count). The Labute approximate surface area is 139 Å². The van der Waals surface area contributed by atoms with Crippen molar-refractivity contribution in [2.24, 2.45) is 0 Å². The Morgan fingerprint density at radius 2 is 1.82 bits per heavy atom. The van der Waals surface area contributed by atoms with Crippen molar-refractivity contribution in [3.63, 3.8) is 0 Å². The molecule has 1 N–H and O–H groups in total. The van der Waals surface area contributed by atoms with E-state index in [1.807, 2.05) is 31.3 Å². The Bertz CT molecular complexity index is 549. The third-order valence-electron chi connectivity index (χ3n) is 3.57. The van der Waals surface area contributed by atoms with Crippen molar-refractivity contribution in [2.45, 2.75) is 0 Å². The maximum absolute atomic E-state index is 12.0. The molecule has 1 aliphatic heterocycles. The van der Waals surface area contributed by atoms with Gasteiger partial charge in [-0.05, 0) is 30.8 Å². The van der Waals surface area contributed by atoms with Crippen LogP contribution in [-0.2, 0) is 9.59 Å². The lowest BCUT2D eigenvalue weighted by molar-refractivity contribution is -0.133. The maximum Gasteiger partial charge on any atom is 0.244 e. The Kier molecular flexibility index (Phi) is 6.15. The average Bonchev–Trinajstić information content (AvgIpc) is 2.52. The zero-order valence-electron chi connectivity index (χ0n) is 12.6. The van der Waals surface area contributed by atoms with Gasteiger partial charge in [0.15, 0.2) is 0 Å². The van der Waals surface area contributed by atoms with Crippen LogP contribution in [0.25, 0.3) is 6.08 Å². The Morgan fingerprint density at radius 3 is 2.45 bits per heavy atom. The molecule has 1 aromatic rings. The summed E-state index contributed by atoms with van der Waals surface area (Å²) in [5.41, 5.74) is 0.934. The van der Waals surface area contributed by atoms with Gasteiger partial charge in [0.05, 0.1) is 6.54 Å². The maximum atomic E-state index is 12.0. The summed E-state index contributed by atoms with van der Waals surface area (Å²) in [6.45, 7) is 3.25. The van der Waals surface area contributed by atoms with E-state index in [1.54, 1.807) is 11.0 Å². The number of nitrogens with one attached hydrogen (secondary N) is 1. The SMILES string of the molecule is CN1CCN(C(=O)CNC(=O)/C=C/c2ccc(Br)cc2)CC1. The molecule has 118 valence electrons. The minimum absolute atomic E-state index is 0.0292. The molecule has 0 spiro atoms. The van der Waals surface area contributed by atoms with Crippen LogP contribution < -0.4 is 5.32 Å². The first-order valence-corrected chi connectivity index (χ1v) is 8.02. The van der Waals surface area contributed by atoms with Crippen molar-refractivity contribution in [3.05, 3.63) is 40.4 Å². The first-order valence-electron chi connectivity index (χ1n) is 7.22. The number of hydrogen-bond donors (Lipinski definition) is 1. The Balaban J connectivity index is 1.75. The molecule has 22 heavy (non-hydrogen) atoms.